The van der Waals surface area contributed by atoms with Crippen molar-refractivity contribution in [2.75, 3.05) is 45.9 Å². The third-order valence-electron chi connectivity index (χ3n) is 3.37. The molecule has 0 spiro atoms. The zero-order valence-electron chi connectivity index (χ0n) is 11.5. The SMILES string of the molecule is CCOCCCCNCCCN1CCCCC1. The van der Waals surface area contributed by atoms with Gasteiger partial charge in [-0.15, -0.1) is 0 Å². The highest BCUT2D eigenvalue weighted by Gasteiger charge is 2.08. The Kier molecular flexibility index (Phi) is 9.66. The fourth-order valence-electron chi connectivity index (χ4n) is 2.33. The van der Waals surface area contributed by atoms with Crippen molar-refractivity contribution in [3.63, 3.8) is 0 Å². The molecule has 1 aliphatic rings. The smallest absolute Gasteiger partial charge is 0.0466 e. The fraction of sp³-hybridized carbons (Fsp3) is 1.00. The second kappa shape index (κ2) is 11.0. The lowest BCUT2D eigenvalue weighted by molar-refractivity contribution is 0.143. The summed E-state index contributed by atoms with van der Waals surface area (Å²) in [5, 5.41) is 3.52. The third-order valence-corrected chi connectivity index (χ3v) is 3.37. The van der Waals surface area contributed by atoms with Crippen molar-refractivity contribution in [3.05, 3.63) is 0 Å². The van der Waals surface area contributed by atoms with Crippen LogP contribution in [0.3, 0.4) is 0 Å². The van der Waals surface area contributed by atoms with E-state index in [1.807, 2.05) is 0 Å². The molecule has 0 bridgehead atoms. The molecule has 1 rings (SSSR count). The van der Waals surface area contributed by atoms with Gasteiger partial charge in [0.25, 0.3) is 0 Å². The van der Waals surface area contributed by atoms with E-state index in [4.69, 9.17) is 4.74 Å². The van der Waals surface area contributed by atoms with Crippen LogP contribution in [0.5, 0.6) is 0 Å². The number of nitrogens with one attached hydrogen (secondary N) is 1. The van der Waals surface area contributed by atoms with Crippen molar-refractivity contribution in [2.45, 2.75) is 45.4 Å². The van der Waals surface area contributed by atoms with Gasteiger partial charge in [0.05, 0.1) is 0 Å². The highest BCUT2D eigenvalue weighted by Crippen LogP contribution is 2.08. The van der Waals surface area contributed by atoms with E-state index in [2.05, 4.69) is 17.1 Å². The van der Waals surface area contributed by atoms with Crippen molar-refractivity contribution in [1.29, 1.82) is 0 Å². The van der Waals surface area contributed by atoms with Gasteiger partial charge in [0.2, 0.25) is 0 Å². The average Bonchev–Trinajstić information content (AvgIpc) is 2.38. The summed E-state index contributed by atoms with van der Waals surface area (Å²) in [6.45, 7) is 10.1. The summed E-state index contributed by atoms with van der Waals surface area (Å²) in [5.74, 6) is 0. The molecule has 1 N–H and O–H groups in total. The number of nitrogens with zero attached hydrogens (tertiary/aromatic N) is 1. The molecule has 0 radical (unpaired) electrons. The van der Waals surface area contributed by atoms with E-state index in [1.54, 1.807) is 0 Å². The van der Waals surface area contributed by atoms with E-state index in [1.165, 1.54) is 64.7 Å². The monoisotopic (exact) mass is 242 g/mol. The second-order valence-electron chi connectivity index (χ2n) is 4.91. The van der Waals surface area contributed by atoms with Gasteiger partial charge in [-0.05, 0) is 71.8 Å². The van der Waals surface area contributed by atoms with Crippen LogP contribution in [0.1, 0.15) is 45.4 Å². The first-order valence-electron chi connectivity index (χ1n) is 7.44. The molecule has 0 atom stereocenters. The lowest BCUT2D eigenvalue weighted by atomic mass is 10.1. The highest BCUT2D eigenvalue weighted by atomic mass is 16.5. The lowest BCUT2D eigenvalue weighted by Gasteiger charge is -2.26. The maximum Gasteiger partial charge on any atom is 0.0466 e. The van der Waals surface area contributed by atoms with Crippen LogP contribution in [0.4, 0.5) is 0 Å². The Balaban J connectivity index is 1.75. The molecule has 1 aliphatic heterocycles. The van der Waals surface area contributed by atoms with Gasteiger partial charge in [0, 0.05) is 13.2 Å². The van der Waals surface area contributed by atoms with Crippen LogP contribution < -0.4 is 5.32 Å². The van der Waals surface area contributed by atoms with Crippen molar-refractivity contribution in [1.82, 2.24) is 10.2 Å². The summed E-state index contributed by atoms with van der Waals surface area (Å²) in [5.41, 5.74) is 0. The molecule has 0 aliphatic carbocycles. The molecule has 0 aromatic rings. The minimum atomic E-state index is 0.850. The molecule has 1 saturated heterocycles. The molecule has 0 saturated carbocycles. The number of hydrogen-bond acceptors (Lipinski definition) is 3. The summed E-state index contributed by atoms with van der Waals surface area (Å²) in [6, 6.07) is 0. The summed E-state index contributed by atoms with van der Waals surface area (Å²) < 4.78 is 5.31. The Bertz CT molecular complexity index is 158. The van der Waals surface area contributed by atoms with Gasteiger partial charge in [0.1, 0.15) is 0 Å². The van der Waals surface area contributed by atoms with Crippen molar-refractivity contribution >= 4 is 0 Å². The van der Waals surface area contributed by atoms with Crippen LogP contribution in [-0.4, -0.2) is 50.8 Å². The van der Waals surface area contributed by atoms with E-state index in [9.17, 15) is 0 Å². The number of unbranched alkanes of at least 4 members (excludes halogenated alkanes) is 1. The van der Waals surface area contributed by atoms with E-state index < -0.39 is 0 Å². The van der Waals surface area contributed by atoms with Crippen molar-refractivity contribution < 1.29 is 4.74 Å². The highest BCUT2D eigenvalue weighted by molar-refractivity contribution is 4.64. The van der Waals surface area contributed by atoms with E-state index in [0.717, 1.165) is 19.8 Å². The van der Waals surface area contributed by atoms with Gasteiger partial charge in [-0.2, -0.15) is 0 Å². The van der Waals surface area contributed by atoms with Gasteiger partial charge < -0.3 is 15.0 Å². The van der Waals surface area contributed by atoms with Crippen LogP contribution in [0.25, 0.3) is 0 Å². The Morgan fingerprint density at radius 3 is 2.53 bits per heavy atom. The largest absolute Gasteiger partial charge is 0.382 e. The third kappa shape index (κ3) is 8.58. The molecule has 0 aromatic carbocycles. The predicted molar refractivity (Wildman–Crippen MR) is 73.5 cm³/mol. The Morgan fingerprint density at radius 1 is 1.00 bits per heavy atom. The summed E-state index contributed by atoms with van der Waals surface area (Å²) >= 11 is 0. The normalized spacial score (nSPS) is 17.5. The number of rotatable bonds is 10. The minimum Gasteiger partial charge on any atom is -0.382 e. The number of likely N-dealkylation sites (tertiary alicyclic amines) is 1. The summed E-state index contributed by atoms with van der Waals surface area (Å²) in [7, 11) is 0. The Labute approximate surface area is 107 Å². The summed E-state index contributed by atoms with van der Waals surface area (Å²) in [4.78, 5) is 2.61. The molecular weight excluding hydrogens is 212 g/mol. The Morgan fingerprint density at radius 2 is 1.76 bits per heavy atom. The van der Waals surface area contributed by atoms with Gasteiger partial charge >= 0.3 is 0 Å². The molecule has 0 aromatic heterocycles. The minimum absolute atomic E-state index is 0.850. The van der Waals surface area contributed by atoms with Crippen molar-refractivity contribution in [3.8, 4) is 0 Å². The van der Waals surface area contributed by atoms with Crippen LogP contribution in [0, 0.1) is 0 Å². The molecule has 3 nitrogen and oxygen atoms in total. The van der Waals surface area contributed by atoms with Gasteiger partial charge in [-0.1, -0.05) is 6.42 Å². The Hall–Kier alpha value is -0.120. The zero-order valence-corrected chi connectivity index (χ0v) is 11.5. The maximum atomic E-state index is 5.31. The van der Waals surface area contributed by atoms with E-state index >= 15 is 0 Å². The maximum absolute atomic E-state index is 5.31. The number of hydrogen-bond donors (Lipinski definition) is 1. The molecule has 3 heteroatoms. The van der Waals surface area contributed by atoms with Gasteiger partial charge in [-0.3, -0.25) is 0 Å². The lowest BCUT2D eigenvalue weighted by Crippen LogP contribution is -2.32. The molecule has 1 fully saturated rings. The molecule has 0 amide bonds. The first kappa shape index (κ1) is 14.9. The first-order valence-corrected chi connectivity index (χ1v) is 7.44. The molecule has 1 heterocycles. The number of ether oxygens (including phenoxy) is 1. The zero-order chi connectivity index (χ0) is 12.2. The molecule has 102 valence electrons. The molecular formula is C14H30N2O. The van der Waals surface area contributed by atoms with Crippen LogP contribution in [-0.2, 0) is 4.74 Å². The van der Waals surface area contributed by atoms with E-state index in [-0.39, 0.29) is 0 Å². The quantitative estimate of drug-likeness (QED) is 0.595. The standard InChI is InChI=1S/C14H30N2O/c1-2-17-14-7-4-9-15-10-8-13-16-11-5-3-6-12-16/h15H,2-14H2,1H3. The fourth-order valence-corrected chi connectivity index (χ4v) is 2.33. The summed E-state index contributed by atoms with van der Waals surface area (Å²) in [6.07, 6.45) is 7.98. The molecule has 17 heavy (non-hydrogen) atoms. The number of piperidine rings is 1. The van der Waals surface area contributed by atoms with Gasteiger partial charge in [0.15, 0.2) is 0 Å². The van der Waals surface area contributed by atoms with E-state index in [0.29, 0.717) is 0 Å². The predicted octanol–water partition coefficient (Wildman–Crippen LogP) is 2.27. The first-order chi connectivity index (χ1) is 8.43. The van der Waals surface area contributed by atoms with Crippen molar-refractivity contribution in [2.24, 2.45) is 0 Å². The average molecular weight is 242 g/mol. The second-order valence-corrected chi connectivity index (χ2v) is 4.91. The molecule has 0 unspecified atom stereocenters. The van der Waals surface area contributed by atoms with Crippen LogP contribution >= 0.6 is 0 Å². The van der Waals surface area contributed by atoms with Crippen LogP contribution in [0.15, 0.2) is 0 Å². The van der Waals surface area contributed by atoms with Gasteiger partial charge in [-0.25, -0.2) is 0 Å². The van der Waals surface area contributed by atoms with Crippen LogP contribution in [0.2, 0.25) is 0 Å². The topological polar surface area (TPSA) is 24.5 Å².